The number of benzene rings is 2. The smallest absolute Gasteiger partial charge is 0.257 e. The van der Waals surface area contributed by atoms with Gasteiger partial charge in [0.2, 0.25) is 0 Å². The Morgan fingerprint density at radius 1 is 0.906 bits per heavy atom. The minimum atomic E-state index is -0.317. The first kappa shape index (κ1) is 20.3. The van der Waals surface area contributed by atoms with Crippen molar-refractivity contribution in [3.05, 3.63) is 89.7 Å². The summed E-state index contributed by atoms with van der Waals surface area (Å²) in [6, 6.07) is 17.0. The largest absolute Gasteiger partial charge is 0.334 e. The van der Waals surface area contributed by atoms with Crippen LogP contribution in [0.25, 0.3) is 28.5 Å². The monoisotopic (exact) mass is 464 g/mol. The fraction of sp³-hybridized carbons (Fsp3) is 0.0455. The molecule has 0 fully saturated rings. The van der Waals surface area contributed by atoms with Gasteiger partial charge in [-0.3, -0.25) is 9.55 Å². The first-order valence-electron chi connectivity index (χ1n) is 9.50. The van der Waals surface area contributed by atoms with Crippen LogP contribution >= 0.6 is 23.4 Å². The van der Waals surface area contributed by atoms with Crippen LogP contribution in [0.4, 0.5) is 4.39 Å². The van der Waals surface area contributed by atoms with Crippen molar-refractivity contribution in [3.63, 3.8) is 0 Å². The molecule has 0 aliphatic carbocycles. The summed E-state index contributed by atoms with van der Waals surface area (Å²) in [7, 11) is 0. The third-order valence-electron chi connectivity index (χ3n) is 4.55. The Bertz CT molecular complexity index is 1340. The number of halogens is 2. The third-order valence-corrected chi connectivity index (χ3v) is 5.72. The molecule has 2 aromatic carbocycles. The predicted molar refractivity (Wildman–Crippen MR) is 119 cm³/mol. The first-order chi connectivity index (χ1) is 15.7. The summed E-state index contributed by atoms with van der Waals surface area (Å²) in [5.74, 6) is 1.64. The Morgan fingerprint density at radius 3 is 2.41 bits per heavy atom. The highest BCUT2D eigenvalue weighted by atomic mass is 35.5. The van der Waals surface area contributed by atoms with Gasteiger partial charge in [0.25, 0.3) is 5.89 Å². The van der Waals surface area contributed by atoms with Crippen LogP contribution in [0, 0.1) is 5.82 Å². The van der Waals surface area contributed by atoms with Crippen LogP contribution in [-0.4, -0.2) is 29.9 Å². The quantitative estimate of drug-likeness (QED) is 0.308. The van der Waals surface area contributed by atoms with E-state index in [0.29, 0.717) is 33.5 Å². The predicted octanol–water partition coefficient (Wildman–Crippen LogP) is 5.46. The van der Waals surface area contributed by atoms with Gasteiger partial charge >= 0.3 is 0 Å². The number of pyridine rings is 1. The molecule has 0 N–H and O–H groups in total. The van der Waals surface area contributed by atoms with Crippen molar-refractivity contribution in [2.45, 2.75) is 10.9 Å². The lowest BCUT2D eigenvalue weighted by Gasteiger charge is -2.09. The zero-order valence-corrected chi connectivity index (χ0v) is 18.0. The molecule has 0 spiro atoms. The van der Waals surface area contributed by atoms with Crippen molar-refractivity contribution in [2.24, 2.45) is 0 Å². The van der Waals surface area contributed by atoms with Crippen LogP contribution in [0.15, 0.2) is 82.7 Å². The molecule has 0 saturated heterocycles. The number of hydrogen-bond donors (Lipinski definition) is 0. The topological polar surface area (TPSA) is 82.5 Å². The van der Waals surface area contributed by atoms with Crippen molar-refractivity contribution >= 4 is 23.4 Å². The highest BCUT2D eigenvalue weighted by molar-refractivity contribution is 7.98. The number of hydrogen-bond acceptors (Lipinski definition) is 7. The molecule has 0 radical (unpaired) electrons. The Kier molecular flexibility index (Phi) is 5.66. The SMILES string of the molecule is Fc1ccc(-n2c(SCc3noc(-c4ccc(Cl)cc4)n3)nnc2-c2ccncc2)cc1. The summed E-state index contributed by atoms with van der Waals surface area (Å²) in [5.41, 5.74) is 2.36. The minimum absolute atomic E-state index is 0.317. The zero-order chi connectivity index (χ0) is 21.9. The summed E-state index contributed by atoms with van der Waals surface area (Å²) in [6.07, 6.45) is 3.37. The van der Waals surface area contributed by atoms with Gasteiger partial charge in [0.05, 0.1) is 5.75 Å². The molecule has 0 unspecified atom stereocenters. The molecule has 5 rings (SSSR count). The van der Waals surface area contributed by atoms with E-state index in [2.05, 4.69) is 25.3 Å². The average molecular weight is 465 g/mol. The fourth-order valence-corrected chi connectivity index (χ4v) is 3.95. The van der Waals surface area contributed by atoms with Crippen LogP contribution in [0.1, 0.15) is 5.82 Å². The van der Waals surface area contributed by atoms with E-state index in [0.717, 1.165) is 16.8 Å². The molecular weight excluding hydrogens is 451 g/mol. The van der Waals surface area contributed by atoms with Gasteiger partial charge in [0.1, 0.15) is 5.82 Å². The number of rotatable bonds is 6. The zero-order valence-electron chi connectivity index (χ0n) is 16.4. The molecule has 3 heterocycles. The molecule has 32 heavy (non-hydrogen) atoms. The molecule has 0 atom stereocenters. The Balaban J connectivity index is 1.43. The molecule has 0 aliphatic heterocycles. The highest BCUT2D eigenvalue weighted by Crippen LogP contribution is 2.30. The van der Waals surface area contributed by atoms with Gasteiger partial charge in [-0.05, 0) is 60.7 Å². The van der Waals surface area contributed by atoms with Gasteiger partial charge in [0, 0.05) is 34.2 Å². The molecule has 0 bridgehead atoms. The Morgan fingerprint density at radius 2 is 1.66 bits per heavy atom. The number of nitrogens with zero attached hydrogens (tertiary/aromatic N) is 6. The minimum Gasteiger partial charge on any atom is -0.334 e. The summed E-state index contributed by atoms with van der Waals surface area (Å²) in [6.45, 7) is 0. The molecule has 0 aliphatic rings. The summed E-state index contributed by atoms with van der Waals surface area (Å²) < 4.78 is 20.7. The van der Waals surface area contributed by atoms with Crippen LogP contribution in [0.2, 0.25) is 5.02 Å². The van der Waals surface area contributed by atoms with E-state index in [-0.39, 0.29) is 5.82 Å². The van der Waals surface area contributed by atoms with E-state index in [1.165, 1.54) is 23.9 Å². The average Bonchev–Trinajstić information content (AvgIpc) is 3.47. The number of aromatic nitrogens is 6. The molecular formula is C22H14ClFN6OS. The standard InChI is InChI=1S/C22H14ClFN6OS/c23-16-3-1-15(2-4-16)21-26-19(29-31-21)13-32-22-28-27-20(14-9-11-25-12-10-14)30(22)18-7-5-17(24)6-8-18/h1-12H,13H2. The van der Waals surface area contributed by atoms with Gasteiger partial charge < -0.3 is 4.52 Å². The molecule has 5 aromatic rings. The normalized spacial score (nSPS) is 11.1. The van der Waals surface area contributed by atoms with Crippen LogP contribution in [0.5, 0.6) is 0 Å². The lowest BCUT2D eigenvalue weighted by Crippen LogP contribution is -2.00. The van der Waals surface area contributed by atoms with E-state index in [1.807, 2.05) is 28.8 Å². The van der Waals surface area contributed by atoms with Crippen LogP contribution in [0.3, 0.4) is 0 Å². The maximum Gasteiger partial charge on any atom is 0.257 e. The third kappa shape index (κ3) is 4.25. The Hall–Kier alpha value is -3.56. The van der Waals surface area contributed by atoms with Gasteiger partial charge in [-0.2, -0.15) is 4.98 Å². The van der Waals surface area contributed by atoms with Crippen LogP contribution in [-0.2, 0) is 5.75 Å². The van der Waals surface area contributed by atoms with Crippen molar-refractivity contribution in [2.75, 3.05) is 0 Å². The second kappa shape index (κ2) is 8.89. The van der Waals surface area contributed by atoms with Crippen molar-refractivity contribution in [1.29, 1.82) is 0 Å². The molecule has 0 amide bonds. The van der Waals surface area contributed by atoms with Crippen molar-refractivity contribution in [3.8, 4) is 28.5 Å². The summed E-state index contributed by atoms with van der Waals surface area (Å²) >= 11 is 7.33. The second-order valence-electron chi connectivity index (χ2n) is 6.67. The van der Waals surface area contributed by atoms with Gasteiger partial charge in [0.15, 0.2) is 16.8 Å². The lowest BCUT2D eigenvalue weighted by atomic mass is 10.2. The van der Waals surface area contributed by atoms with Crippen molar-refractivity contribution in [1.82, 2.24) is 29.9 Å². The van der Waals surface area contributed by atoms with E-state index >= 15 is 0 Å². The first-order valence-corrected chi connectivity index (χ1v) is 10.9. The van der Waals surface area contributed by atoms with Gasteiger partial charge in [-0.1, -0.05) is 28.5 Å². The summed E-state index contributed by atoms with van der Waals surface area (Å²) in [5, 5.41) is 14.0. The Labute approximate surface area is 191 Å². The van der Waals surface area contributed by atoms with Crippen molar-refractivity contribution < 1.29 is 8.91 Å². The number of thioether (sulfide) groups is 1. The van der Waals surface area contributed by atoms with Gasteiger partial charge in [-0.25, -0.2) is 4.39 Å². The lowest BCUT2D eigenvalue weighted by molar-refractivity contribution is 0.425. The highest BCUT2D eigenvalue weighted by Gasteiger charge is 2.18. The molecule has 158 valence electrons. The molecule has 0 saturated carbocycles. The molecule has 7 nitrogen and oxygen atoms in total. The van der Waals surface area contributed by atoms with Crippen LogP contribution < -0.4 is 0 Å². The fourth-order valence-electron chi connectivity index (χ4n) is 3.03. The molecule has 10 heteroatoms. The molecule has 3 aromatic heterocycles. The van der Waals surface area contributed by atoms with Gasteiger partial charge in [-0.15, -0.1) is 10.2 Å². The second-order valence-corrected chi connectivity index (χ2v) is 8.04. The maximum atomic E-state index is 13.5. The van der Waals surface area contributed by atoms with E-state index in [1.54, 1.807) is 36.7 Å². The van der Waals surface area contributed by atoms with E-state index < -0.39 is 0 Å². The maximum absolute atomic E-state index is 13.5. The van der Waals surface area contributed by atoms with E-state index in [9.17, 15) is 4.39 Å². The summed E-state index contributed by atoms with van der Waals surface area (Å²) in [4.78, 5) is 8.50. The van der Waals surface area contributed by atoms with E-state index in [4.69, 9.17) is 16.1 Å².